The average Bonchev–Trinajstić information content (AvgIpc) is 3.12. The van der Waals surface area contributed by atoms with Crippen LogP contribution in [0.25, 0.3) is 11.4 Å². The number of nitrogens with zero attached hydrogens (tertiary/aromatic N) is 2. The first kappa shape index (κ1) is 18.1. The molecule has 1 heterocycles. The molecular formula is C18H19N3O4S. The van der Waals surface area contributed by atoms with Crippen molar-refractivity contribution < 1.29 is 17.7 Å². The van der Waals surface area contributed by atoms with Gasteiger partial charge in [0.2, 0.25) is 21.7 Å². The molecule has 0 saturated heterocycles. The van der Waals surface area contributed by atoms with Gasteiger partial charge in [-0.25, -0.2) is 13.1 Å². The summed E-state index contributed by atoms with van der Waals surface area (Å²) in [6.45, 7) is 3.47. The Kier molecular flexibility index (Phi) is 5.06. The lowest BCUT2D eigenvalue weighted by atomic mass is 10.1. The first-order chi connectivity index (χ1) is 12.4. The summed E-state index contributed by atoms with van der Waals surface area (Å²) in [7, 11) is -2.18. The number of rotatable bonds is 6. The number of hydrogen-bond donors (Lipinski definition) is 1. The number of aromatic nitrogens is 2. The van der Waals surface area contributed by atoms with Gasteiger partial charge >= 0.3 is 0 Å². The Morgan fingerprint density at radius 1 is 1.08 bits per heavy atom. The molecule has 1 N–H and O–H groups in total. The predicted molar refractivity (Wildman–Crippen MR) is 96.2 cm³/mol. The molecule has 0 spiro atoms. The maximum atomic E-state index is 12.6. The highest BCUT2D eigenvalue weighted by Gasteiger charge is 2.20. The number of ether oxygens (including phenoxy) is 1. The fourth-order valence-corrected chi connectivity index (χ4v) is 3.82. The molecule has 0 aliphatic heterocycles. The second kappa shape index (κ2) is 7.27. The molecule has 136 valence electrons. The Morgan fingerprint density at radius 2 is 1.81 bits per heavy atom. The van der Waals surface area contributed by atoms with Gasteiger partial charge in [0.05, 0.1) is 18.6 Å². The third-order valence-electron chi connectivity index (χ3n) is 4.11. The second-order valence-electron chi connectivity index (χ2n) is 5.72. The van der Waals surface area contributed by atoms with Crippen LogP contribution >= 0.6 is 0 Å². The van der Waals surface area contributed by atoms with Crippen LogP contribution in [0, 0.1) is 13.8 Å². The van der Waals surface area contributed by atoms with E-state index in [9.17, 15) is 8.42 Å². The van der Waals surface area contributed by atoms with Crippen molar-refractivity contribution in [3.05, 3.63) is 59.5 Å². The zero-order chi connectivity index (χ0) is 18.7. The molecule has 0 saturated carbocycles. The van der Waals surface area contributed by atoms with E-state index in [1.165, 1.54) is 6.07 Å². The predicted octanol–water partition coefficient (Wildman–Crippen LogP) is 2.84. The Labute approximate surface area is 152 Å². The van der Waals surface area contributed by atoms with Crippen LogP contribution in [-0.4, -0.2) is 25.7 Å². The van der Waals surface area contributed by atoms with Gasteiger partial charge in [-0.15, -0.1) is 0 Å². The van der Waals surface area contributed by atoms with Crippen molar-refractivity contribution in [1.29, 1.82) is 0 Å². The highest BCUT2D eigenvalue weighted by atomic mass is 32.2. The maximum absolute atomic E-state index is 12.6. The Bertz CT molecular complexity index is 1010. The Balaban J connectivity index is 1.77. The van der Waals surface area contributed by atoms with Crippen LogP contribution in [0.15, 0.2) is 51.9 Å². The first-order valence-electron chi connectivity index (χ1n) is 7.94. The summed E-state index contributed by atoms with van der Waals surface area (Å²) in [6, 6.07) is 12.5. The summed E-state index contributed by atoms with van der Waals surface area (Å²) >= 11 is 0. The number of sulfonamides is 1. The number of hydrogen-bond acceptors (Lipinski definition) is 6. The second-order valence-corrected chi connectivity index (χ2v) is 7.45. The molecule has 0 atom stereocenters. The summed E-state index contributed by atoms with van der Waals surface area (Å²) < 4.78 is 38.1. The van der Waals surface area contributed by atoms with E-state index in [-0.39, 0.29) is 17.3 Å². The van der Waals surface area contributed by atoms with Crippen molar-refractivity contribution in [1.82, 2.24) is 14.9 Å². The van der Waals surface area contributed by atoms with E-state index in [4.69, 9.17) is 9.26 Å². The molecule has 3 rings (SSSR count). The van der Waals surface area contributed by atoms with Crippen molar-refractivity contribution >= 4 is 10.0 Å². The van der Waals surface area contributed by atoms with Gasteiger partial charge < -0.3 is 9.26 Å². The Morgan fingerprint density at radius 3 is 2.50 bits per heavy atom. The lowest BCUT2D eigenvalue weighted by molar-refractivity contribution is 0.376. The minimum atomic E-state index is -3.73. The molecule has 7 nitrogen and oxygen atoms in total. The lowest BCUT2D eigenvalue weighted by Crippen LogP contribution is -2.24. The molecule has 26 heavy (non-hydrogen) atoms. The molecule has 0 aliphatic rings. The van der Waals surface area contributed by atoms with Gasteiger partial charge in [-0.2, -0.15) is 4.98 Å². The molecule has 2 aromatic carbocycles. The molecule has 3 aromatic rings. The van der Waals surface area contributed by atoms with Crippen molar-refractivity contribution in [2.45, 2.75) is 25.3 Å². The maximum Gasteiger partial charge on any atom is 0.242 e. The molecule has 0 fully saturated rings. The average molecular weight is 373 g/mol. The zero-order valence-electron chi connectivity index (χ0n) is 14.7. The van der Waals surface area contributed by atoms with Crippen molar-refractivity contribution in [2.24, 2.45) is 0 Å². The summed E-state index contributed by atoms with van der Waals surface area (Å²) in [5, 5.41) is 3.88. The minimum absolute atomic E-state index is 0.0906. The quantitative estimate of drug-likeness (QED) is 0.714. The van der Waals surface area contributed by atoms with E-state index >= 15 is 0 Å². The smallest absolute Gasteiger partial charge is 0.242 e. The van der Waals surface area contributed by atoms with Crippen LogP contribution in [0.4, 0.5) is 0 Å². The van der Waals surface area contributed by atoms with Crippen molar-refractivity contribution in [3.63, 3.8) is 0 Å². The van der Waals surface area contributed by atoms with Gasteiger partial charge in [0.1, 0.15) is 5.75 Å². The topological polar surface area (TPSA) is 94.3 Å². The number of benzene rings is 2. The largest absolute Gasteiger partial charge is 0.496 e. The summed E-state index contributed by atoms with van der Waals surface area (Å²) in [5.74, 6) is 1.25. The molecule has 8 heteroatoms. The van der Waals surface area contributed by atoms with Gasteiger partial charge in [-0.05, 0) is 37.1 Å². The lowest BCUT2D eigenvalue weighted by Gasteiger charge is -2.13. The number of nitrogens with one attached hydrogen (secondary N) is 1. The highest BCUT2D eigenvalue weighted by Crippen LogP contribution is 2.26. The molecule has 0 aliphatic carbocycles. The van der Waals surface area contributed by atoms with Crippen LogP contribution < -0.4 is 9.46 Å². The molecular weight excluding hydrogens is 354 g/mol. The third-order valence-corrected chi connectivity index (χ3v) is 5.66. The van der Waals surface area contributed by atoms with Crippen LogP contribution in [0.3, 0.4) is 0 Å². The van der Waals surface area contributed by atoms with Gasteiger partial charge in [-0.1, -0.05) is 35.5 Å². The van der Waals surface area contributed by atoms with E-state index in [1.54, 1.807) is 20.1 Å². The van der Waals surface area contributed by atoms with Crippen LogP contribution in [-0.2, 0) is 16.6 Å². The van der Waals surface area contributed by atoms with Crippen LogP contribution in [0.5, 0.6) is 5.75 Å². The normalized spacial score (nSPS) is 11.5. The molecule has 0 bridgehead atoms. The van der Waals surface area contributed by atoms with Gasteiger partial charge in [-0.3, -0.25) is 0 Å². The molecule has 1 aromatic heterocycles. The Hall–Kier alpha value is -2.71. The summed E-state index contributed by atoms with van der Waals surface area (Å²) in [4.78, 5) is 4.41. The van der Waals surface area contributed by atoms with E-state index in [1.807, 2.05) is 37.3 Å². The third kappa shape index (κ3) is 3.61. The van der Waals surface area contributed by atoms with Crippen LogP contribution in [0.1, 0.15) is 17.0 Å². The molecule has 0 unspecified atom stereocenters. The van der Waals surface area contributed by atoms with Crippen LogP contribution in [0.2, 0.25) is 0 Å². The van der Waals surface area contributed by atoms with E-state index in [0.717, 1.165) is 11.1 Å². The fourth-order valence-electron chi connectivity index (χ4n) is 2.55. The van der Waals surface area contributed by atoms with E-state index in [2.05, 4.69) is 14.9 Å². The SMILES string of the molecule is COc1ccc(S(=O)(=O)NCc2nc(-c3ccccc3)no2)c(C)c1C. The van der Waals surface area contributed by atoms with Crippen molar-refractivity contribution in [2.75, 3.05) is 7.11 Å². The fraction of sp³-hybridized carbons (Fsp3) is 0.222. The van der Waals surface area contributed by atoms with Gasteiger partial charge in [0.15, 0.2) is 0 Å². The highest BCUT2D eigenvalue weighted by molar-refractivity contribution is 7.89. The molecule has 0 amide bonds. The van der Waals surface area contributed by atoms with E-state index in [0.29, 0.717) is 17.1 Å². The number of methoxy groups -OCH3 is 1. The summed E-state index contributed by atoms with van der Waals surface area (Å²) in [5.41, 5.74) is 2.21. The summed E-state index contributed by atoms with van der Waals surface area (Å²) in [6.07, 6.45) is 0. The van der Waals surface area contributed by atoms with E-state index < -0.39 is 10.0 Å². The zero-order valence-corrected chi connectivity index (χ0v) is 15.5. The first-order valence-corrected chi connectivity index (χ1v) is 9.42. The monoisotopic (exact) mass is 373 g/mol. The standard InChI is InChI=1S/C18H19N3O4S/c1-12-13(2)16(10-9-15(12)24-3)26(22,23)19-11-17-20-18(21-25-17)14-7-5-4-6-8-14/h4-10,19H,11H2,1-3H3. The molecule has 0 radical (unpaired) electrons. The van der Waals surface area contributed by atoms with Gasteiger partial charge in [0, 0.05) is 5.56 Å². The van der Waals surface area contributed by atoms with Crippen molar-refractivity contribution in [3.8, 4) is 17.1 Å². The minimum Gasteiger partial charge on any atom is -0.496 e. The van der Waals surface area contributed by atoms with Gasteiger partial charge in [0.25, 0.3) is 0 Å².